The van der Waals surface area contributed by atoms with Crippen molar-refractivity contribution in [1.82, 2.24) is 4.98 Å². The molecule has 1 aromatic heterocycles. The van der Waals surface area contributed by atoms with E-state index in [4.69, 9.17) is 9.47 Å². The normalized spacial score (nSPS) is 12.6. The molecule has 1 aromatic rings. The molecule has 124 valence electrons. The fraction of sp³-hybridized carbons (Fsp3) is 0.625. The fourth-order valence-corrected chi connectivity index (χ4v) is 3.55. The number of pyridine rings is 1. The second-order valence-electron chi connectivity index (χ2n) is 6.89. The van der Waals surface area contributed by atoms with Gasteiger partial charge in [0, 0.05) is 26.8 Å². The van der Waals surface area contributed by atoms with Gasteiger partial charge in [0.15, 0.2) is 0 Å². The maximum absolute atomic E-state index is 13.2. The number of nitrogens with one attached hydrogen (secondary N) is 1. The van der Waals surface area contributed by atoms with E-state index >= 15 is 0 Å². The topological polar surface area (TPSA) is 60.5 Å². The second kappa shape index (κ2) is 6.89. The minimum atomic E-state index is -2.19. The van der Waals surface area contributed by atoms with Crippen LogP contribution in [-0.4, -0.2) is 39.7 Å². The van der Waals surface area contributed by atoms with E-state index < -0.39 is 14.4 Å². The summed E-state index contributed by atoms with van der Waals surface area (Å²) in [6, 6.07) is 3.63. The zero-order valence-electron chi connectivity index (χ0n) is 14.9. The molecule has 0 saturated heterocycles. The lowest BCUT2D eigenvalue weighted by Crippen LogP contribution is -2.46. The highest BCUT2D eigenvalue weighted by Gasteiger charge is 2.44. The van der Waals surface area contributed by atoms with E-state index in [1.807, 2.05) is 12.1 Å². The number of carbonyl (C=O) groups is 1. The third-order valence-electron chi connectivity index (χ3n) is 4.52. The lowest BCUT2D eigenvalue weighted by atomic mass is 10.2. The summed E-state index contributed by atoms with van der Waals surface area (Å²) in [6.07, 6.45) is -0.656. The van der Waals surface area contributed by atoms with E-state index in [1.165, 1.54) is 0 Å². The van der Waals surface area contributed by atoms with Crippen molar-refractivity contribution >= 4 is 19.3 Å². The van der Waals surface area contributed by atoms with Crippen LogP contribution in [0.2, 0.25) is 18.1 Å². The van der Waals surface area contributed by atoms with Crippen molar-refractivity contribution < 1.29 is 14.3 Å². The number of nitrogens with zero attached hydrogens (tertiary/aromatic N) is 1. The molecule has 0 atom stereocenters. The first kappa shape index (κ1) is 18.8. The van der Waals surface area contributed by atoms with E-state index in [1.54, 1.807) is 21.3 Å². The van der Waals surface area contributed by atoms with Gasteiger partial charge in [-0.25, -0.2) is 4.98 Å². The molecule has 5 nitrogen and oxygen atoms in total. The van der Waals surface area contributed by atoms with Crippen LogP contribution >= 0.6 is 0 Å². The lowest BCUT2D eigenvalue weighted by Gasteiger charge is -2.35. The van der Waals surface area contributed by atoms with Crippen molar-refractivity contribution in [2.24, 2.45) is 0 Å². The third-order valence-corrected chi connectivity index (χ3v) is 9.67. The van der Waals surface area contributed by atoms with Gasteiger partial charge in [0.25, 0.3) is 0 Å². The first-order valence-corrected chi connectivity index (χ1v) is 10.4. The summed E-state index contributed by atoms with van der Waals surface area (Å²) in [7, 11) is 2.69. The number of hydrogen-bond donors (Lipinski definition) is 1. The number of carbonyl (C=O) groups excluding carboxylic acids is 1. The first-order chi connectivity index (χ1) is 10.1. The molecular weight excluding hydrogens is 296 g/mol. The highest BCUT2D eigenvalue weighted by atomic mass is 28.3. The van der Waals surface area contributed by atoms with Gasteiger partial charge in [0.2, 0.25) is 6.29 Å². The van der Waals surface area contributed by atoms with Gasteiger partial charge in [-0.2, -0.15) is 0 Å². The van der Waals surface area contributed by atoms with Gasteiger partial charge in [-0.05, 0) is 17.2 Å². The Morgan fingerprint density at radius 1 is 1.23 bits per heavy atom. The summed E-state index contributed by atoms with van der Waals surface area (Å²) in [4.78, 5) is 17.7. The third kappa shape index (κ3) is 3.56. The van der Waals surface area contributed by atoms with Crippen LogP contribution in [-0.2, 0) is 9.47 Å². The van der Waals surface area contributed by atoms with Crippen molar-refractivity contribution in [3.63, 3.8) is 0 Å². The first-order valence-electron chi connectivity index (χ1n) is 7.39. The molecule has 0 aliphatic rings. The number of anilines is 1. The predicted molar refractivity (Wildman–Crippen MR) is 92.1 cm³/mol. The number of aromatic nitrogens is 1. The molecule has 0 radical (unpaired) electrons. The summed E-state index contributed by atoms with van der Waals surface area (Å²) in [5.41, 5.74) is 1.13. The summed E-state index contributed by atoms with van der Waals surface area (Å²) in [6.45, 7) is 10.6. The molecule has 1 heterocycles. The quantitative estimate of drug-likeness (QED) is 0.639. The second-order valence-corrected chi connectivity index (χ2v) is 12.1. The van der Waals surface area contributed by atoms with Gasteiger partial charge in [-0.3, -0.25) is 4.79 Å². The van der Waals surface area contributed by atoms with Crippen molar-refractivity contribution in [3.8, 4) is 0 Å². The number of hydrogen-bond acceptors (Lipinski definition) is 5. The predicted octanol–water partition coefficient (Wildman–Crippen LogP) is 3.65. The van der Waals surface area contributed by atoms with Gasteiger partial charge < -0.3 is 14.8 Å². The Bertz CT molecular complexity index is 535. The maximum Gasteiger partial charge on any atom is 0.201 e. The van der Waals surface area contributed by atoms with Gasteiger partial charge in [-0.15, -0.1) is 0 Å². The molecule has 6 heteroatoms. The monoisotopic (exact) mass is 324 g/mol. The standard InChI is InChI=1S/C16H28N2O3Si/c1-16(2,3)22(7,8)14(19)11-9-10-12(17-4)18-13(11)15(20-5)21-6/h9-10,15H,1-8H3,(H,17,18). The zero-order chi connectivity index (χ0) is 17.1. The minimum absolute atomic E-state index is 0.0430. The van der Waals surface area contributed by atoms with E-state index in [9.17, 15) is 4.79 Å². The minimum Gasteiger partial charge on any atom is -0.373 e. The van der Waals surface area contributed by atoms with Crippen LogP contribution in [0.5, 0.6) is 0 Å². The molecule has 0 aromatic carbocycles. The van der Waals surface area contributed by atoms with Gasteiger partial charge in [-0.1, -0.05) is 33.9 Å². The molecule has 0 bridgehead atoms. The molecule has 0 spiro atoms. The number of rotatable bonds is 6. The largest absolute Gasteiger partial charge is 0.373 e. The lowest BCUT2D eigenvalue weighted by molar-refractivity contribution is -0.108. The van der Waals surface area contributed by atoms with Gasteiger partial charge in [0.05, 0.1) is 0 Å². The van der Waals surface area contributed by atoms with Crippen LogP contribution < -0.4 is 5.32 Å². The number of ether oxygens (including phenoxy) is 2. The molecule has 0 amide bonds. The van der Waals surface area contributed by atoms with Gasteiger partial charge in [0.1, 0.15) is 25.0 Å². The molecule has 1 N–H and O–H groups in total. The summed E-state index contributed by atoms with van der Waals surface area (Å²) in [5.74, 6) is 0.681. The van der Waals surface area contributed by atoms with Crippen LogP contribution in [0, 0.1) is 0 Å². The average Bonchev–Trinajstić information content (AvgIpc) is 2.46. The Hall–Kier alpha value is -1.24. The Balaban J connectivity index is 3.43. The van der Waals surface area contributed by atoms with Gasteiger partial charge >= 0.3 is 0 Å². The Kier molecular flexibility index (Phi) is 5.89. The summed E-state index contributed by atoms with van der Waals surface area (Å²) in [5, 5.41) is 3.11. The van der Waals surface area contributed by atoms with Crippen LogP contribution in [0.4, 0.5) is 5.82 Å². The van der Waals surface area contributed by atoms with Crippen molar-refractivity contribution in [1.29, 1.82) is 0 Å². The molecule has 0 unspecified atom stereocenters. The Morgan fingerprint density at radius 3 is 2.18 bits per heavy atom. The van der Waals surface area contributed by atoms with Crippen molar-refractivity contribution in [2.75, 3.05) is 26.6 Å². The SMILES string of the molecule is CNc1ccc(C(=O)[Si](C)(C)C(C)(C)C)c(C(OC)OC)n1. The highest BCUT2D eigenvalue weighted by Crippen LogP contribution is 2.39. The maximum atomic E-state index is 13.2. The van der Waals surface area contributed by atoms with Crippen molar-refractivity contribution in [2.45, 2.75) is 45.2 Å². The van der Waals surface area contributed by atoms with Crippen LogP contribution in [0.3, 0.4) is 0 Å². The molecule has 1 rings (SSSR count). The van der Waals surface area contributed by atoms with E-state index in [0.717, 1.165) is 0 Å². The average molecular weight is 324 g/mol. The van der Waals surface area contributed by atoms with Crippen molar-refractivity contribution in [3.05, 3.63) is 23.4 Å². The number of methoxy groups -OCH3 is 2. The Morgan fingerprint density at radius 2 is 1.77 bits per heavy atom. The van der Waals surface area contributed by atoms with Crippen LogP contribution in [0.25, 0.3) is 0 Å². The molecule has 0 saturated carbocycles. The molecule has 0 fully saturated rings. The van der Waals surface area contributed by atoms with E-state index in [0.29, 0.717) is 17.1 Å². The van der Waals surface area contributed by atoms with E-state index in [2.05, 4.69) is 44.2 Å². The molecular formula is C16H28N2O3Si. The van der Waals surface area contributed by atoms with Crippen LogP contribution in [0.15, 0.2) is 12.1 Å². The smallest absolute Gasteiger partial charge is 0.201 e. The summed E-state index contributed by atoms with van der Waals surface area (Å²) < 4.78 is 10.6. The molecule has 0 aliphatic carbocycles. The van der Waals surface area contributed by atoms with Crippen LogP contribution in [0.1, 0.15) is 43.1 Å². The van der Waals surface area contributed by atoms with E-state index in [-0.39, 0.29) is 10.4 Å². The highest BCUT2D eigenvalue weighted by molar-refractivity contribution is 7.08. The molecule has 22 heavy (non-hydrogen) atoms. The Labute approximate surface area is 134 Å². The zero-order valence-corrected chi connectivity index (χ0v) is 15.9. The fourth-order valence-electron chi connectivity index (χ4n) is 1.98. The summed E-state index contributed by atoms with van der Waals surface area (Å²) >= 11 is 0. The molecule has 0 aliphatic heterocycles.